The zero-order valence-electron chi connectivity index (χ0n) is 14.5. The lowest BCUT2D eigenvalue weighted by molar-refractivity contribution is -0.120. The van der Waals surface area contributed by atoms with Gasteiger partial charge in [0.1, 0.15) is 12.4 Å². The molecular weight excluding hydrogens is 369 g/mol. The van der Waals surface area contributed by atoms with Crippen LogP contribution in [0.3, 0.4) is 0 Å². The van der Waals surface area contributed by atoms with Gasteiger partial charge in [0.15, 0.2) is 5.82 Å². The lowest BCUT2D eigenvalue weighted by atomic mass is 9.93. The minimum atomic E-state index is -0.667. The van der Waals surface area contributed by atoms with Gasteiger partial charge in [-0.05, 0) is 55.5 Å². The van der Waals surface area contributed by atoms with E-state index in [9.17, 15) is 14.0 Å². The Balaban J connectivity index is 1.52. The molecule has 0 radical (unpaired) electrons. The molecule has 1 aliphatic heterocycles. The molecule has 0 spiro atoms. The van der Waals surface area contributed by atoms with E-state index in [1.807, 2.05) is 12.1 Å². The molecule has 0 bridgehead atoms. The van der Waals surface area contributed by atoms with Crippen molar-refractivity contribution in [1.82, 2.24) is 0 Å². The van der Waals surface area contributed by atoms with E-state index in [1.165, 1.54) is 12.1 Å². The van der Waals surface area contributed by atoms with E-state index in [-0.39, 0.29) is 12.3 Å². The summed E-state index contributed by atoms with van der Waals surface area (Å²) < 4.78 is 20.2. The summed E-state index contributed by atoms with van der Waals surface area (Å²) in [5.74, 6) is -1.16. The number of carbonyl (C=O) groups is 2. The molecule has 0 fully saturated rings. The number of anilines is 1. The Labute approximate surface area is 161 Å². The van der Waals surface area contributed by atoms with Gasteiger partial charge in [0.2, 0.25) is 0 Å². The second-order valence-electron chi connectivity index (χ2n) is 6.64. The average Bonchev–Trinajstić information content (AvgIpc) is 2.92. The van der Waals surface area contributed by atoms with Crippen LogP contribution in [0.5, 0.6) is 5.75 Å². The number of nitrogens with zero attached hydrogens (tertiary/aromatic N) is 1. The second kappa shape index (κ2) is 7.16. The van der Waals surface area contributed by atoms with Gasteiger partial charge < -0.3 is 4.74 Å². The molecule has 138 valence electrons. The predicted octanol–water partition coefficient (Wildman–Crippen LogP) is 4.80. The largest absolute Gasteiger partial charge is 0.489 e. The maximum atomic E-state index is 14.7. The Hall–Kier alpha value is -2.66. The molecule has 0 saturated carbocycles. The van der Waals surface area contributed by atoms with E-state index in [1.54, 1.807) is 18.2 Å². The molecule has 2 aromatic carbocycles. The fraction of sp³-hybridized carbons (Fsp3) is 0.238. The van der Waals surface area contributed by atoms with Crippen LogP contribution >= 0.6 is 11.6 Å². The Morgan fingerprint density at radius 1 is 1.00 bits per heavy atom. The number of benzene rings is 2. The van der Waals surface area contributed by atoms with Gasteiger partial charge in [0.25, 0.3) is 11.8 Å². The molecule has 6 heteroatoms. The first-order valence-corrected chi connectivity index (χ1v) is 9.20. The number of carbonyl (C=O) groups excluding carboxylic acids is 2. The van der Waals surface area contributed by atoms with E-state index in [0.29, 0.717) is 34.8 Å². The van der Waals surface area contributed by atoms with Gasteiger partial charge in [0.05, 0.1) is 5.69 Å². The van der Waals surface area contributed by atoms with E-state index in [0.717, 1.165) is 23.3 Å². The van der Waals surface area contributed by atoms with Crippen LogP contribution in [0, 0.1) is 5.82 Å². The molecular formula is C21H17ClFNO3. The Morgan fingerprint density at radius 2 is 1.70 bits per heavy atom. The molecule has 2 aliphatic rings. The summed E-state index contributed by atoms with van der Waals surface area (Å²) >= 11 is 5.94. The SMILES string of the molecule is O=C1C2=C(CCCC2)C(=O)N1c1ccc(OCc2cccc(Cl)c2)cc1F. The summed E-state index contributed by atoms with van der Waals surface area (Å²) in [5.41, 5.74) is 1.89. The van der Waals surface area contributed by atoms with Crippen molar-refractivity contribution in [1.29, 1.82) is 0 Å². The van der Waals surface area contributed by atoms with Crippen molar-refractivity contribution in [2.24, 2.45) is 0 Å². The lowest BCUT2D eigenvalue weighted by Gasteiger charge is -2.17. The minimum Gasteiger partial charge on any atom is -0.489 e. The highest BCUT2D eigenvalue weighted by Crippen LogP contribution is 2.37. The third kappa shape index (κ3) is 3.35. The van der Waals surface area contributed by atoms with E-state index in [2.05, 4.69) is 0 Å². The number of rotatable bonds is 4. The van der Waals surface area contributed by atoms with Gasteiger partial charge in [-0.2, -0.15) is 0 Å². The molecule has 4 nitrogen and oxygen atoms in total. The molecule has 1 heterocycles. The number of imide groups is 1. The molecule has 0 unspecified atom stereocenters. The number of hydrogen-bond donors (Lipinski definition) is 0. The van der Waals surface area contributed by atoms with Crippen LogP contribution < -0.4 is 9.64 Å². The maximum absolute atomic E-state index is 14.7. The molecule has 1 aliphatic carbocycles. The van der Waals surface area contributed by atoms with Crippen molar-refractivity contribution in [3.63, 3.8) is 0 Å². The van der Waals surface area contributed by atoms with Gasteiger partial charge in [-0.1, -0.05) is 23.7 Å². The molecule has 0 atom stereocenters. The smallest absolute Gasteiger partial charge is 0.261 e. The molecule has 4 rings (SSSR count). The Bertz CT molecular complexity index is 942. The minimum absolute atomic E-state index is 0.0329. The first-order chi connectivity index (χ1) is 13.0. The van der Waals surface area contributed by atoms with Crippen LogP contribution in [-0.2, 0) is 16.2 Å². The summed E-state index contributed by atoms with van der Waals surface area (Å²) in [5, 5.41) is 0.597. The third-order valence-electron chi connectivity index (χ3n) is 4.84. The highest BCUT2D eigenvalue weighted by Gasteiger charge is 2.40. The summed E-state index contributed by atoms with van der Waals surface area (Å²) in [6, 6.07) is 11.4. The predicted molar refractivity (Wildman–Crippen MR) is 100 cm³/mol. The molecule has 2 amide bonds. The molecule has 27 heavy (non-hydrogen) atoms. The van der Waals surface area contributed by atoms with Crippen LogP contribution in [-0.4, -0.2) is 11.8 Å². The summed E-state index contributed by atoms with van der Waals surface area (Å²) in [4.78, 5) is 26.1. The van der Waals surface area contributed by atoms with Crippen LogP contribution in [0.4, 0.5) is 10.1 Å². The molecule has 2 aromatic rings. The fourth-order valence-electron chi connectivity index (χ4n) is 3.51. The quantitative estimate of drug-likeness (QED) is 0.710. The van der Waals surface area contributed by atoms with Gasteiger partial charge in [-0.25, -0.2) is 9.29 Å². The zero-order chi connectivity index (χ0) is 19.0. The van der Waals surface area contributed by atoms with Gasteiger partial charge in [0, 0.05) is 22.2 Å². The molecule has 0 N–H and O–H groups in total. The van der Waals surface area contributed by atoms with Crippen LogP contribution in [0.2, 0.25) is 5.02 Å². The zero-order valence-corrected chi connectivity index (χ0v) is 15.3. The standard InChI is InChI=1S/C21H17ClFNO3/c22-14-5-3-4-13(10-14)12-27-15-8-9-19(18(23)11-15)24-20(25)16-6-1-2-7-17(16)21(24)26/h3-5,8-11H,1-2,6-7,12H2. The first-order valence-electron chi connectivity index (χ1n) is 8.82. The monoisotopic (exact) mass is 385 g/mol. The van der Waals surface area contributed by atoms with E-state index < -0.39 is 17.6 Å². The Kier molecular flexibility index (Phi) is 4.70. The van der Waals surface area contributed by atoms with Crippen LogP contribution in [0.15, 0.2) is 53.6 Å². The van der Waals surface area contributed by atoms with Crippen molar-refractivity contribution in [2.75, 3.05) is 4.90 Å². The third-order valence-corrected chi connectivity index (χ3v) is 5.08. The topological polar surface area (TPSA) is 46.6 Å². The number of hydrogen-bond acceptors (Lipinski definition) is 3. The van der Waals surface area contributed by atoms with Crippen molar-refractivity contribution in [3.05, 3.63) is 70.0 Å². The van der Waals surface area contributed by atoms with Gasteiger partial charge in [-0.15, -0.1) is 0 Å². The van der Waals surface area contributed by atoms with Crippen LogP contribution in [0.25, 0.3) is 0 Å². The Morgan fingerprint density at radius 3 is 2.33 bits per heavy atom. The maximum Gasteiger partial charge on any atom is 0.261 e. The van der Waals surface area contributed by atoms with Crippen molar-refractivity contribution in [3.8, 4) is 5.75 Å². The number of ether oxygens (including phenoxy) is 1. The molecule has 0 aromatic heterocycles. The number of amides is 2. The second-order valence-corrected chi connectivity index (χ2v) is 7.08. The average molecular weight is 386 g/mol. The van der Waals surface area contributed by atoms with Crippen LogP contribution in [0.1, 0.15) is 31.2 Å². The number of halogens is 2. The highest BCUT2D eigenvalue weighted by molar-refractivity contribution is 6.33. The first kappa shape index (κ1) is 17.7. The lowest BCUT2D eigenvalue weighted by Crippen LogP contribution is -2.32. The van der Waals surface area contributed by atoms with E-state index in [4.69, 9.17) is 16.3 Å². The summed E-state index contributed by atoms with van der Waals surface area (Å²) in [6.45, 7) is 0.233. The summed E-state index contributed by atoms with van der Waals surface area (Å²) in [6.07, 6.45) is 2.92. The van der Waals surface area contributed by atoms with Crippen molar-refractivity contribution in [2.45, 2.75) is 32.3 Å². The van der Waals surface area contributed by atoms with Gasteiger partial charge >= 0.3 is 0 Å². The fourth-order valence-corrected chi connectivity index (χ4v) is 3.72. The van der Waals surface area contributed by atoms with E-state index >= 15 is 0 Å². The summed E-state index contributed by atoms with van der Waals surface area (Å²) in [7, 11) is 0. The van der Waals surface area contributed by atoms with Crippen molar-refractivity contribution < 1.29 is 18.7 Å². The normalized spacial score (nSPS) is 16.7. The van der Waals surface area contributed by atoms with Gasteiger partial charge in [-0.3, -0.25) is 9.59 Å². The highest BCUT2D eigenvalue weighted by atomic mass is 35.5. The molecule has 0 saturated heterocycles. The van der Waals surface area contributed by atoms with Crippen molar-refractivity contribution >= 4 is 29.1 Å².